The smallest absolute Gasteiger partial charge is 0.335 e. The van der Waals surface area contributed by atoms with Gasteiger partial charge in [0.05, 0.1) is 11.4 Å². The lowest BCUT2D eigenvalue weighted by Crippen LogP contribution is -2.33. The second kappa shape index (κ2) is 8.87. The Morgan fingerprint density at radius 1 is 1.21 bits per heavy atom. The zero-order valence-corrected chi connectivity index (χ0v) is 16.5. The number of hydrogen-bond acceptors (Lipinski definition) is 4. The average Bonchev–Trinajstić information content (AvgIpc) is 2.68. The number of H-pyrrole nitrogens is 1. The highest BCUT2D eigenvalue weighted by Gasteiger charge is 2.19. The predicted octanol–water partition coefficient (Wildman–Crippen LogP) is 3.63. The molecule has 3 rings (SSSR count). The molecule has 2 aromatic rings. The summed E-state index contributed by atoms with van der Waals surface area (Å²) in [5.74, 6) is -0.366. The van der Waals surface area contributed by atoms with Crippen LogP contribution in [0.4, 0.5) is 0 Å². The van der Waals surface area contributed by atoms with Gasteiger partial charge in [0.1, 0.15) is 5.56 Å². The van der Waals surface area contributed by atoms with Crippen LogP contribution < -0.4 is 11.2 Å². The topological polar surface area (TPSA) is 87.4 Å². The molecular weight excluding hydrogens is 354 g/mol. The van der Waals surface area contributed by atoms with Crippen LogP contribution in [0, 0.1) is 6.92 Å². The van der Waals surface area contributed by atoms with Gasteiger partial charge in [-0.2, -0.15) is 0 Å². The second-order valence-electron chi connectivity index (χ2n) is 7.17. The van der Waals surface area contributed by atoms with Crippen LogP contribution in [0.3, 0.4) is 0 Å². The van der Waals surface area contributed by atoms with E-state index in [2.05, 4.69) is 16.1 Å². The van der Waals surface area contributed by atoms with Gasteiger partial charge in [0, 0.05) is 6.54 Å². The number of benzene rings is 1. The van der Waals surface area contributed by atoms with Crippen LogP contribution in [0.1, 0.15) is 56.6 Å². The lowest BCUT2D eigenvalue weighted by Gasteiger charge is -2.14. The number of rotatable bonds is 6. The predicted molar refractivity (Wildman–Crippen MR) is 112 cm³/mol. The van der Waals surface area contributed by atoms with E-state index in [-0.39, 0.29) is 11.4 Å². The lowest BCUT2D eigenvalue weighted by atomic mass is 9.97. The van der Waals surface area contributed by atoms with Gasteiger partial charge in [0.2, 0.25) is 5.88 Å². The van der Waals surface area contributed by atoms with Crippen molar-refractivity contribution in [3.63, 3.8) is 0 Å². The molecule has 1 heterocycles. The fourth-order valence-corrected chi connectivity index (χ4v) is 3.55. The van der Waals surface area contributed by atoms with E-state index < -0.39 is 11.2 Å². The Hall–Kier alpha value is -2.89. The summed E-state index contributed by atoms with van der Waals surface area (Å²) in [4.78, 5) is 31.7. The first-order valence-corrected chi connectivity index (χ1v) is 9.88. The average molecular weight is 381 g/mol. The molecule has 0 aliphatic heterocycles. The van der Waals surface area contributed by atoms with E-state index in [0.29, 0.717) is 24.4 Å². The molecule has 0 fully saturated rings. The number of nitrogens with zero attached hydrogens (tertiary/aromatic N) is 2. The van der Waals surface area contributed by atoms with Gasteiger partial charge in [-0.15, -0.1) is 0 Å². The Bertz CT molecular complexity index is 1010. The summed E-state index contributed by atoms with van der Waals surface area (Å²) in [6.45, 7) is 4.39. The van der Waals surface area contributed by atoms with Crippen LogP contribution in [0.15, 0.2) is 50.5 Å². The summed E-state index contributed by atoms with van der Waals surface area (Å²) >= 11 is 0. The third kappa shape index (κ3) is 4.32. The molecule has 0 unspecified atom stereocenters. The van der Waals surface area contributed by atoms with Gasteiger partial charge in [-0.3, -0.25) is 14.8 Å². The van der Waals surface area contributed by atoms with Gasteiger partial charge in [-0.1, -0.05) is 36.3 Å². The van der Waals surface area contributed by atoms with Gasteiger partial charge in [0.25, 0.3) is 5.56 Å². The summed E-state index contributed by atoms with van der Waals surface area (Å²) in [6.07, 6.45) is 8.34. The molecule has 0 bridgehead atoms. The highest BCUT2D eigenvalue weighted by atomic mass is 16.3. The molecule has 1 aliphatic rings. The third-order valence-corrected chi connectivity index (χ3v) is 5.12. The SMILES string of the molecule is CCC(=NCCC1=CCCCC1)c1c(O)n(-c2ccc(C)cc2)c(=O)[nH]c1=O. The van der Waals surface area contributed by atoms with Gasteiger partial charge in [-0.05, 0) is 57.6 Å². The van der Waals surface area contributed by atoms with E-state index in [1.54, 1.807) is 12.1 Å². The van der Waals surface area contributed by atoms with Gasteiger partial charge < -0.3 is 5.11 Å². The largest absolute Gasteiger partial charge is 0.493 e. The quantitative estimate of drug-likeness (QED) is 0.592. The number of aromatic hydroxyl groups is 1. The number of aryl methyl sites for hydroxylation is 1. The maximum absolute atomic E-state index is 12.4. The monoisotopic (exact) mass is 381 g/mol. The number of nitrogens with one attached hydrogen (secondary N) is 1. The zero-order valence-electron chi connectivity index (χ0n) is 16.5. The van der Waals surface area contributed by atoms with Gasteiger partial charge in [-0.25, -0.2) is 9.36 Å². The molecule has 0 radical (unpaired) electrons. The minimum Gasteiger partial charge on any atom is -0.493 e. The van der Waals surface area contributed by atoms with Crippen molar-refractivity contribution in [3.8, 4) is 11.6 Å². The van der Waals surface area contributed by atoms with Crippen LogP contribution in [0.5, 0.6) is 5.88 Å². The Morgan fingerprint density at radius 2 is 1.96 bits per heavy atom. The standard InChI is InChI=1S/C22H27N3O3/c1-3-18(23-14-13-16-7-5-4-6-8-16)19-20(26)24-22(28)25(21(19)27)17-11-9-15(2)10-12-17/h7,9-12,27H,3-6,8,13-14H2,1-2H3,(H,24,26,28). The first-order chi connectivity index (χ1) is 13.5. The second-order valence-corrected chi connectivity index (χ2v) is 7.17. The van der Waals surface area contributed by atoms with Crippen molar-refractivity contribution in [2.75, 3.05) is 6.54 Å². The van der Waals surface area contributed by atoms with Crippen molar-refractivity contribution >= 4 is 5.71 Å². The normalized spacial score (nSPS) is 14.8. The summed E-state index contributed by atoms with van der Waals surface area (Å²) < 4.78 is 1.12. The summed E-state index contributed by atoms with van der Waals surface area (Å²) in [5, 5.41) is 10.8. The van der Waals surface area contributed by atoms with E-state index in [9.17, 15) is 14.7 Å². The molecule has 0 spiro atoms. The van der Waals surface area contributed by atoms with Crippen molar-refractivity contribution in [1.82, 2.24) is 9.55 Å². The molecular formula is C22H27N3O3. The fraction of sp³-hybridized carbons (Fsp3) is 0.409. The summed E-state index contributed by atoms with van der Waals surface area (Å²) in [7, 11) is 0. The number of allylic oxidation sites excluding steroid dienone is 1. The maximum Gasteiger partial charge on any atom is 0.335 e. The highest BCUT2D eigenvalue weighted by Crippen LogP contribution is 2.21. The van der Waals surface area contributed by atoms with Gasteiger partial charge in [0.15, 0.2) is 0 Å². The third-order valence-electron chi connectivity index (χ3n) is 5.12. The Morgan fingerprint density at radius 3 is 2.61 bits per heavy atom. The van der Waals surface area contributed by atoms with E-state index >= 15 is 0 Å². The number of aromatic amines is 1. The van der Waals surface area contributed by atoms with E-state index in [4.69, 9.17) is 0 Å². The van der Waals surface area contributed by atoms with Crippen LogP contribution in [-0.2, 0) is 0 Å². The van der Waals surface area contributed by atoms with Crippen LogP contribution in [0.25, 0.3) is 5.69 Å². The first-order valence-electron chi connectivity index (χ1n) is 9.88. The van der Waals surface area contributed by atoms with Crippen molar-refractivity contribution in [3.05, 3.63) is 67.9 Å². The van der Waals surface area contributed by atoms with Crippen LogP contribution in [-0.4, -0.2) is 26.9 Å². The summed E-state index contributed by atoms with van der Waals surface area (Å²) in [5.41, 5.74) is 2.24. The molecule has 6 nitrogen and oxygen atoms in total. The number of aliphatic imine (C=N–C) groups is 1. The highest BCUT2D eigenvalue weighted by molar-refractivity contribution is 6.02. The lowest BCUT2D eigenvalue weighted by molar-refractivity contribution is 0.429. The Kier molecular flexibility index (Phi) is 6.29. The Balaban J connectivity index is 1.97. The number of aromatic nitrogens is 2. The van der Waals surface area contributed by atoms with Crippen molar-refractivity contribution < 1.29 is 5.11 Å². The molecule has 0 saturated carbocycles. The van der Waals surface area contributed by atoms with Gasteiger partial charge >= 0.3 is 5.69 Å². The fourth-order valence-electron chi connectivity index (χ4n) is 3.55. The van der Waals surface area contributed by atoms with Crippen LogP contribution in [0.2, 0.25) is 0 Å². The Labute approximate surface area is 164 Å². The van der Waals surface area contributed by atoms with Crippen molar-refractivity contribution in [1.29, 1.82) is 0 Å². The first kappa shape index (κ1) is 19.9. The zero-order chi connectivity index (χ0) is 20.1. The van der Waals surface area contributed by atoms with Crippen molar-refractivity contribution in [2.24, 2.45) is 4.99 Å². The molecule has 1 aromatic carbocycles. The van der Waals surface area contributed by atoms with E-state index in [1.807, 2.05) is 26.0 Å². The van der Waals surface area contributed by atoms with E-state index in [0.717, 1.165) is 29.4 Å². The molecule has 0 atom stereocenters. The maximum atomic E-state index is 12.4. The van der Waals surface area contributed by atoms with Crippen molar-refractivity contribution in [2.45, 2.75) is 52.4 Å². The minimum absolute atomic E-state index is 0.0697. The molecule has 0 amide bonds. The molecule has 148 valence electrons. The molecule has 28 heavy (non-hydrogen) atoms. The minimum atomic E-state index is -0.669. The van der Waals surface area contributed by atoms with E-state index in [1.165, 1.54) is 18.4 Å². The molecule has 1 aromatic heterocycles. The molecule has 6 heteroatoms. The molecule has 2 N–H and O–H groups in total. The molecule has 1 aliphatic carbocycles. The summed E-state index contributed by atoms with van der Waals surface area (Å²) in [6, 6.07) is 7.16. The van der Waals surface area contributed by atoms with Crippen LogP contribution >= 0.6 is 0 Å². The molecule has 0 saturated heterocycles. The number of hydrogen-bond donors (Lipinski definition) is 2.